The smallest absolute Gasteiger partial charge is 0.247 e. The summed E-state index contributed by atoms with van der Waals surface area (Å²) in [4.78, 5) is 40.0. The van der Waals surface area contributed by atoms with E-state index in [4.69, 9.17) is 16.3 Å². The molecule has 0 aliphatic carbocycles. The van der Waals surface area contributed by atoms with E-state index in [1.54, 1.807) is 25.3 Å². The Hall–Kier alpha value is -4.19. The molecule has 2 fully saturated rings. The average Bonchev–Trinajstić information content (AvgIpc) is 3.03. The number of methoxy groups -OCH3 is 1. The van der Waals surface area contributed by atoms with Gasteiger partial charge in [-0.2, -0.15) is 4.98 Å². The second-order valence-electron chi connectivity index (χ2n) is 10.7. The Kier molecular flexibility index (Phi) is 9.75. The normalized spacial score (nSPS) is 16.4. The molecule has 2 saturated heterocycles. The van der Waals surface area contributed by atoms with Crippen LogP contribution in [0.4, 0.5) is 34.5 Å². The molecule has 0 spiro atoms. The van der Waals surface area contributed by atoms with Crippen molar-refractivity contribution >= 4 is 58.3 Å². The number of aromatic nitrogens is 2. The number of aldehydes is 1. The molecule has 3 heterocycles. The molecule has 1 amide bonds. The van der Waals surface area contributed by atoms with E-state index in [9.17, 15) is 9.59 Å². The molecule has 1 aromatic heterocycles. The van der Waals surface area contributed by atoms with Crippen LogP contribution >= 0.6 is 11.6 Å². The lowest BCUT2D eigenvalue weighted by Crippen LogP contribution is -2.53. The van der Waals surface area contributed by atoms with Crippen LogP contribution in [-0.4, -0.2) is 91.4 Å². The number of amides is 1. The Morgan fingerprint density at radius 3 is 2.49 bits per heavy atom. The highest BCUT2D eigenvalue weighted by Crippen LogP contribution is 2.39. The summed E-state index contributed by atoms with van der Waals surface area (Å²) in [6.45, 7) is 9.45. The number of piperidine rings is 1. The zero-order valence-electron chi connectivity index (χ0n) is 24.5. The van der Waals surface area contributed by atoms with Crippen molar-refractivity contribution in [1.82, 2.24) is 19.8 Å². The van der Waals surface area contributed by atoms with Gasteiger partial charge in [0.2, 0.25) is 11.9 Å². The first-order chi connectivity index (χ1) is 20.9. The number of benzene rings is 2. The summed E-state index contributed by atoms with van der Waals surface area (Å²) in [5.41, 5.74) is 3.07. The van der Waals surface area contributed by atoms with Crippen molar-refractivity contribution in [1.29, 1.82) is 0 Å². The molecule has 3 aromatic rings. The summed E-state index contributed by atoms with van der Waals surface area (Å²) >= 11 is 6.38. The number of carbonyl (C=O) groups is 2. The number of carbonyl (C=O) groups excluding carboxylic acids is 2. The summed E-state index contributed by atoms with van der Waals surface area (Å²) in [5, 5.41) is 9.55. The number of halogens is 1. The van der Waals surface area contributed by atoms with Crippen molar-refractivity contribution in [2.24, 2.45) is 0 Å². The van der Waals surface area contributed by atoms with Gasteiger partial charge in [0.25, 0.3) is 0 Å². The molecule has 11 nitrogen and oxygen atoms in total. The van der Waals surface area contributed by atoms with Crippen molar-refractivity contribution in [3.05, 3.63) is 65.8 Å². The van der Waals surface area contributed by atoms with Gasteiger partial charge in [-0.3, -0.25) is 14.5 Å². The summed E-state index contributed by atoms with van der Waals surface area (Å²) in [7, 11) is 3.78. The lowest BCUT2D eigenvalue weighted by molar-refractivity contribution is -0.111. The lowest BCUT2D eigenvalue weighted by Gasteiger charge is -2.43. The van der Waals surface area contributed by atoms with E-state index in [0.29, 0.717) is 40.2 Å². The second-order valence-corrected chi connectivity index (χ2v) is 11.1. The number of hydrogen-bond acceptors (Lipinski definition) is 10. The number of nitrogens with zero attached hydrogens (tertiary/aromatic N) is 5. The van der Waals surface area contributed by atoms with Gasteiger partial charge >= 0.3 is 0 Å². The first-order valence-electron chi connectivity index (χ1n) is 14.3. The third-order valence-electron chi connectivity index (χ3n) is 7.95. The number of rotatable bonds is 10. The van der Waals surface area contributed by atoms with E-state index >= 15 is 0 Å². The number of nitrogens with one attached hydrogen (secondary N) is 3. The standard InChI is InChI=1S/C31H37ClN8O3/c1-4-29(42)34-25-17-26(36-31-33-19-23(32)30(37-31)35-24-8-6-5-7-21(24)20-41)28(43-3)18-27(25)40-15-13-39(14-16-40)22-9-11-38(2)12-10-22/h4-8,17-20,22H,1,9-16H2,2-3H3,(H,34,42)(H2,33,35,36,37). The zero-order chi connectivity index (χ0) is 30.3. The minimum Gasteiger partial charge on any atom is -0.494 e. The van der Waals surface area contributed by atoms with Crippen molar-refractivity contribution < 1.29 is 14.3 Å². The first kappa shape index (κ1) is 30.3. The van der Waals surface area contributed by atoms with Gasteiger partial charge in [0.05, 0.1) is 36.1 Å². The molecule has 0 saturated carbocycles. The van der Waals surface area contributed by atoms with E-state index in [-0.39, 0.29) is 16.9 Å². The van der Waals surface area contributed by atoms with Gasteiger partial charge in [-0.25, -0.2) is 4.98 Å². The van der Waals surface area contributed by atoms with Crippen molar-refractivity contribution in [3.8, 4) is 5.75 Å². The van der Waals surface area contributed by atoms with Crippen molar-refractivity contribution in [2.45, 2.75) is 18.9 Å². The van der Waals surface area contributed by atoms with Crippen LogP contribution in [0.1, 0.15) is 23.2 Å². The monoisotopic (exact) mass is 604 g/mol. The highest BCUT2D eigenvalue weighted by atomic mass is 35.5. The fourth-order valence-corrected chi connectivity index (χ4v) is 5.68. The van der Waals surface area contributed by atoms with Crippen LogP contribution in [-0.2, 0) is 4.79 Å². The van der Waals surface area contributed by atoms with Gasteiger partial charge in [0.15, 0.2) is 12.1 Å². The molecule has 2 aliphatic heterocycles. The van der Waals surface area contributed by atoms with E-state index in [2.05, 4.69) is 54.2 Å². The van der Waals surface area contributed by atoms with Crippen molar-refractivity contribution in [3.63, 3.8) is 0 Å². The highest BCUT2D eigenvalue weighted by molar-refractivity contribution is 6.33. The minimum absolute atomic E-state index is 0.245. The van der Waals surface area contributed by atoms with E-state index in [1.165, 1.54) is 25.1 Å². The van der Waals surface area contributed by atoms with Gasteiger partial charge in [-0.15, -0.1) is 0 Å². The summed E-state index contributed by atoms with van der Waals surface area (Å²) in [6.07, 6.45) is 5.86. The molecule has 0 unspecified atom stereocenters. The number of ether oxygens (including phenoxy) is 1. The summed E-state index contributed by atoms with van der Waals surface area (Å²) in [6, 6.07) is 11.4. The van der Waals surface area contributed by atoms with Gasteiger partial charge < -0.3 is 30.5 Å². The predicted molar refractivity (Wildman–Crippen MR) is 172 cm³/mol. The minimum atomic E-state index is -0.314. The number of anilines is 6. The summed E-state index contributed by atoms with van der Waals surface area (Å²) in [5.74, 6) is 0.815. The molecule has 226 valence electrons. The number of hydrogen-bond donors (Lipinski definition) is 3. The third-order valence-corrected chi connectivity index (χ3v) is 8.23. The van der Waals surface area contributed by atoms with E-state index < -0.39 is 0 Å². The van der Waals surface area contributed by atoms with Crippen LogP contribution in [0.5, 0.6) is 5.75 Å². The first-order valence-corrected chi connectivity index (χ1v) is 14.7. The van der Waals surface area contributed by atoms with Gasteiger partial charge in [0, 0.05) is 43.9 Å². The molecular formula is C31H37ClN8O3. The topological polar surface area (TPSA) is 115 Å². The number of piperazine rings is 1. The number of para-hydroxylation sites is 1. The molecule has 3 N–H and O–H groups in total. The predicted octanol–water partition coefficient (Wildman–Crippen LogP) is 4.78. The average molecular weight is 605 g/mol. The fourth-order valence-electron chi connectivity index (χ4n) is 5.55. The molecule has 43 heavy (non-hydrogen) atoms. The highest BCUT2D eigenvalue weighted by Gasteiger charge is 2.28. The zero-order valence-corrected chi connectivity index (χ0v) is 25.2. The Bertz CT molecular complexity index is 1470. The van der Waals surface area contributed by atoms with Gasteiger partial charge in [-0.1, -0.05) is 30.3 Å². The molecule has 0 radical (unpaired) electrons. The summed E-state index contributed by atoms with van der Waals surface area (Å²) < 4.78 is 5.77. The Labute approximate surface area is 256 Å². The van der Waals surface area contributed by atoms with Gasteiger partial charge in [-0.05, 0) is 57.3 Å². The quantitative estimate of drug-likeness (QED) is 0.221. The third kappa shape index (κ3) is 7.24. The van der Waals surface area contributed by atoms with E-state index in [0.717, 1.165) is 51.2 Å². The number of likely N-dealkylation sites (tertiary alicyclic amines) is 1. The SMILES string of the molecule is C=CC(=O)Nc1cc(Nc2ncc(Cl)c(Nc3ccccc3C=O)n2)c(OC)cc1N1CCN(C2CCN(C)CC2)CC1. The van der Waals surface area contributed by atoms with Crippen molar-refractivity contribution in [2.75, 3.05) is 74.3 Å². The molecule has 0 bridgehead atoms. The van der Waals surface area contributed by atoms with Crippen LogP contribution in [0, 0.1) is 0 Å². The molecule has 2 aliphatic rings. The van der Waals surface area contributed by atoms with Crippen LogP contribution in [0.3, 0.4) is 0 Å². The van der Waals surface area contributed by atoms with Crippen LogP contribution < -0.4 is 25.6 Å². The molecular weight excluding hydrogens is 568 g/mol. The largest absolute Gasteiger partial charge is 0.494 e. The fraction of sp³-hybridized carbons (Fsp3) is 0.355. The maximum absolute atomic E-state index is 12.4. The molecule has 0 atom stereocenters. The maximum Gasteiger partial charge on any atom is 0.247 e. The van der Waals surface area contributed by atoms with Crippen LogP contribution in [0.25, 0.3) is 0 Å². The molecule has 5 rings (SSSR count). The Balaban J connectivity index is 1.38. The lowest BCUT2D eigenvalue weighted by atomic mass is 10.0. The van der Waals surface area contributed by atoms with Crippen LogP contribution in [0.2, 0.25) is 5.02 Å². The maximum atomic E-state index is 12.4. The Morgan fingerprint density at radius 2 is 1.79 bits per heavy atom. The molecule has 12 heteroatoms. The van der Waals surface area contributed by atoms with E-state index in [1.807, 2.05) is 18.2 Å². The molecule has 2 aromatic carbocycles. The van der Waals surface area contributed by atoms with Crippen LogP contribution in [0.15, 0.2) is 55.3 Å². The second kappa shape index (κ2) is 13.9. The van der Waals surface area contributed by atoms with Gasteiger partial charge in [0.1, 0.15) is 10.8 Å². The Morgan fingerprint density at radius 1 is 1.05 bits per heavy atom.